The summed E-state index contributed by atoms with van der Waals surface area (Å²) in [6.07, 6.45) is 3.22. The lowest BCUT2D eigenvalue weighted by atomic mass is 10.1. The Balaban J connectivity index is 2.34. The summed E-state index contributed by atoms with van der Waals surface area (Å²) in [7, 11) is 0. The van der Waals surface area contributed by atoms with E-state index in [-0.39, 0.29) is 5.57 Å². The molecule has 0 aromatic heterocycles. The van der Waals surface area contributed by atoms with Crippen molar-refractivity contribution in [3.63, 3.8) is 0 Å². The van der Waals surface area contributed by atoms with Gasteiger partial charge in [0.25, 0.3) is 0 Å². The van der Waals surface area contributed by atoms with Crippen LogP contribution in [0.3, 0.4) is 0 Å². The van der Waals surface area contributed by atoms with E-state index in [0.29, 0.717) is 10.7 Å². The molecule has 4 heteroatoms. The smallest absolute Gasteiger partial charge is 0.335 e. The minimum atomic E-state index is -0.936. The average molecular weight is 246 g/mol. The van der Waals surface area contributed by atoms with Crippen molar-refractivity contribution >= 4 is 23.1 Å². The third-order valence-electron chi connectivity index (χ3n) is 2.92. The van der Waals surface area contributed by atoms with Crippen LogP contribution in [0.1, 0.15) is 5.56 Å². The van der Waals surface area contributed by atoms with Crippen molar-refractivity contribution in [2.24, 2.45) is 4.99 Å². The van der Waals surface area contributed by atoms with Gasteiger partial charge in [-0.15, -0.1) is 0 Å². The van der Waals surface area contributed by atoms with Crippen molar-refractivity contribution < 1.29 is 9.90 Å². The predicted molar refractivity (Wildman–Crippen MR) is 64.2 cm³/mol. The Morgan fingerprint density at radius 3 is 2.82 bits per heavy atom. The number of hydrogen-bond donors (Lipinski definition) is 1. The number of carbonyl (C=O) groups is 1. The van der Waals surface area contributed by atoms with E-state index in [4.69, 9.17) is 16.7 Å². The predicted octanol–water partition coefficient (Wildman–Crippen LogP) is 1.34. The van der Waals surface area contributed by atoms with Crippen molar-refractivity contribution in [3.8, 4) is 0 Å². The number of aliphatic carboxylic acids is 1. The summed E-state index contributed by atoms with van der Waals surface area (Å²) in [6, 6.07) is 3.76. The van der Waals surface area contributed by atoms with E-state index in [9.17, 15) is 4.79 Å². The Hall–Kier alpha value is -1.87. The van der Waals surface area contributed by atoms with Crippen LogP contribution in [0.25, 0.3) is 5.57 Å². The van der Waals surface area contributed by atoms with Crippen LogP contribution in [-0.2, 0) is 4.79 Å². The number of halogens is 1. The fourth-order valence-corrected chi connectivity index (χ4v) is 2.20. The van der Waals surface area contributed by atoms with Crippen LogP contribution in [0, 0.1) is 6.92 Å². The number of nitrogens with zero attached hydrogens (tertiary/aromatic N) is 1. The SMILES string of the molecule is Cc1cc2c(cc1Cl)=C1C=C(C(=O)O)C=C1N=2. The molecule has 0 atom stereocenters. The maximum absolute atomic E-state index is 10.9. The van der Waals surface area contributed by atoms with Gasteiger partial charge in [-0.05, 0) is 36.8 Å². The molecule has 0 spiro atoms. The molecule has 1 aliphatic carbocycles. The highest BCUT2D eigenvalue weighted by molar-refractivity contribution is 6.31. The Morgan fingerprint density at radius 2 is 2.12 bits per heavy atom. The molecule has 1 aliphatic heterocycles. The fraction of sp³-hybridized carbons (Fsp3) is 0.0769. The van der Waals surface area contributed by atoms with Crippen molar-refractivity contribution in [2.45, 2.75) is 6.92 Å². The van der Waals surface area contributed by atoms with Gasteiger partial charge in [0.05, 0.1) is 16.6 Å². The lowest BCUT2D eigenvalue weighted by molar-refractivity contribution is -0.132. The summed E-state index contributed by atoms with van der Waals surface area (Å²) >= 11 is 6.07. The van der Waals surface area contributed by atoms with Gasteiger partial charge in [0, 0.05) is 15.8 Å². The van der Waals surface area contributed by atoms with Gasteiger partial charge in [-0.2, -0.15) is 0 Å². The summed E-state index contributed by atoms with van der Waals surface area (Å²) in [6.45, 7) is 1.92. The molecule has 0 bridgehead atoms. The normalized spacial score (nSPS) is 16.0. The summed E-state index contributed by atoms with van der Waals surface area (Å²) in [5.41, 5.74) is 2.79. The van der Waals surface area contributed by atoms with Crippen LogP contribution < -0.4 is 10.6 Å². The summed E-state index contributed by atoms with van der Waals surface area (Å²) in [5, 5.41) is 11.4. The molecular weight excluding hydrogens is 238 g/mol. The van der Waals surface area contributed by atoms with E-state index < -0.39 is 5.97 Å². The maximum Gasteiger partial charge on any atom is 0.335 e. The zero-order chi connectivity index (χ0) is 12.2. The molecule has 0 saturated heterocycles. The van der Waals surface area contributed by atoms with Gasteiger partial charge in [0.15, 0.2) is 0 Å². The standard InChI is InChI=1S/C13H8ClNO2/c1-6-2-11-9(5-10(6)14)8-3-7(13(16)17)4-12(8)15-11/h2-5H,1H3,(H,16,17). The van der Waals surface area contributed by atoms with Gasteiger partial charge in [0.2, 0.25) is 0 Å². The molecule has 0 fully saturated rings. The Labute approximate surface area is 102 Å². The molecule has 0 radical (unpaired) electrons. The summed E-state index contributed by atoms with van der Waals surface area (Å²) in [4.78, 5) is 15.3. The average Bonchev–Trinajstić information content (AvgIpc) is 2.78. The fourth-order valence-electron chi connectivity index (χ4n) is 2.03. The number of benzene rings is 1. The van der Waals surface area contributed by atoms with Gasteiger partial charge in [-0.1, -0.05) is 11.6 Å². The quantitative estimate of drug-likeness (QED) is 0.812. The number of carboxylic acid groups (broad SMARTS) is 1. The highest BCUT2D eigenvalue weighted by Gasteiger charge is 2.21. The molecule has 17 heavy (non-hydrogen) atoms. The molecule has 84 valence electrons. The minimum Gasteiger partial charge on any atom is -0.478 e. The monoisotopic (exact) mass is 245 g/mol. The first-order chi connectivity index (χ1) is 8.06. The van der Waals surface area contributed by atoms with Crippen LogP contribution in [-0.4, -0.2) is 11.1 Å². The third kappa shape index (κ3) is 1.43. The molecule has 0 amide bonds. The first kappa shape index (κ1) is 10.3. The number of rotatable bonds is 1. The number of carboxylic acids is 1. The lowest BCUT2D eigenvalue weighted by Crippen LogP contribution is -2.23. The van der Waals surface area contributed by atoms with Gasteiger partial charge in [-0.3, -0.25) is 0 Å². The van der Waals surface area contributed by atoms with Crippen molar-refractivity contribution in [3.05, 3.63) is 56.7 Å². The van der Waals surface area contributed by atoms with E-state index in [0.717, 1.165) is 21.7 Å². The minimum absolute atomic E-state index is 0.265. The maximum atomic E-state index is 10.9. The Kier molecular flexibility index (Phi) is 2.00. The second-order valence-corrected chi connectivity index (χ2v) is 4.49. The highest BCUT2D eigenvalue weighted by atomic mass is 35.5. The van der Waals surface area contributed by atoms with Crippen LogP contribution >= 0.6 is 11.6 Å². The molecule has 3 nitrogen and oxygen atoms in total. The second kappa shape index (κ2) is 3.31. The number of hydrogen-bond acceptors (Lipinski definition) is 2. The van der Waals surface area contributed by atoms with Crippen LogP contribution in [0.2, 0.25) is 5.02 Å². The van der Waals surface area contributed by atoms with E-state index in [2.05, 4.69) is 4.99 Å². The molecule has 3 rings (SSSR count). The molecular formula is C13H8ClNO2. The lowest BCUT2D eigenvalue weighted by Gasteiger charge is -1.95. The Morgan fingerprint density at radius 1 is 1.35 bits per heavy atom. The molecule has 1 heterocycles. The molecule has 2 aliphatic rings. The third-order valence-corrected chi connectivity index (χ3v) is 3.33. The zero-order valence-electron chi connectivity index (χ0n) is 8.99. The van der Waals surface area contributed by atoms with Gasteiger partial charge in [0.1, 0.15) is 0 Å². The van der Waals surface area contributed by atoms with Gasteiger partial charge >= 0.3 is 5.97 Å². The zero-order valence-corrected chi connectivity index (χ0v) is 9.75. The highest BCUT2D eigenvalue weighted by Crippen LogP contribution is 2.26. The van der Waals surface area contributed by atoms with Crippen LogP contribution in [0.5, 0.6) is 0 Å². The molecule has 0 unspecified atom stereocenters. The first-order valence-electron chi connectivity index (χ1n) is 5.12. The molecule has 1 aromatic rings. The van der Waals surface area contributed by atoms with Crippen molar-refractivity contribution in [1.82, 2.24) is 0 Å². The van der Waals surface area contributed by atoms with E-state index in [1.54, 1.807) is 12.2 Å². The van der Waals surface area contributed by atoms with E-state index >= 15 is 0 Å². The second-order valence-electron chi connectivity index (χ2n) is 4.08. The molecule has 0 saturated carbocycles. The van der Waals surface area contributed by atoms with E-state index in [1.165, 1.54) is 0 Å². The van der Waals surface area contributed by atoms with Crippen LogP contribution in [0.4, 0.5) is 0 Å². The van der Waals surface area contributed by atoms with Crippen molar-refractivity contribution in [1.29, 1.82) is 0 Å². The number of fused-ring (bicyclic) bond motifs is 2. The topological polar surface area (TPSA) is 49.7 Å². The summed E-state index contributed by atoms with van der Waals surface area (Å²) in [5.74, 6) is -0.936. The largest absolute Gasteiger partial charge is 0.478 e. The van der Waals surface area contributed by atoms with E-state index in [1.807, 2.05) is 19.1 Å². The van der Waals surface area contributed by atoms with Gasteiger partial charge < -0.3 is 5.11 Å². The van der Waals surface area contributed by atoms with Gasteiger partial charge in [-0.25, -0.2) is 9.79 Å². The first-order valence-corrected chi connectivity index (χ1v) is 5.50. The Bertz CT molecular complexity index is 741. The molecule has 1 N–H and O–H groups in total. The van der Waals surface area contributed by atoms with Crippen molar-refractivity contribution in [2.75, 3.05) is 0 Å². The number of aryl methyl sites for hydroxylation is 1. The number of allylic oxidation sites excluding steroid dienone is 1. The summed E-state index contributed by atoms with van der Waals surface area (Å²) < 4.78 is 0. The van der Waals surface area contributed by atoms with Crippen LogP contribution in [0.15, 0.2) is 40.5 Å². The molecule has 1 aromatic carbocycles.